The fourth-order valence-corrected chi connectivity index (χ4v) is 2.87. The molecule has 0 aliphatic carbocycles. The van der Waals surface area contributed by atoms with Gasteiger partial charge < -0.3 is 9.72 Å². The minimum atomic E-state index is -0.425. The van der Waals surface area contributed by atoms with E-state index in [-0.39, 0.29) is 12.6 Å². The number of nitrogens with zero attached hydrogens (tertiary/aromatic N) is 1. The van der Waals surface area contributed by atoms with E-state index in [4.69, 9.17) is 4.74 Å². The van der Waals surface area contributed by atoms with Crippen LogP contribution in [0.15, 0.2) is 48.9 Å². The van der Waals surface area contributed by atoms with E-state index in [1.165, 1.54) is 23.2 Å². The highest BCUT2D eigenvalue weighted by molar-refractivity contribution is 5.83. The van der Waals surface area contributed by atoms with Gasteiger partial charge in [0.15, 0.2) is 0 Å². The van der Waals surface area contributed by atoms with Crippen LogP contribution < -0.4 is 0 Å². The van der Waals surface area contributed by atoms with Crippen molar-refractivity contribution in [1.82, 2.24) is 9.97 Å². The average Bonchev–Trinajstić information content (AvgIpc) is 3.03. The molecule has 25 heavy (non-hydrogen) atoms. The van der Waals surface area contributed by atoms with Crippen LogP contribution in [0.4, 0.5) is 4.39 Å². The molecular formula is C20H21FN2O2. The summed E-state index contributed by atoms with van der Waals surface area (Å²) in [6.07, 6.45) is 8.86. The van der Waals surface area contributed by atoms with Crippen LogP contribution in [-0.4, -0.2) is 15.9 Å². The topological polar surface area (TPSA) is 55.0 Å². The van der Waals surface area contributed by atoms with Gasteiger partial charge in [0.05, 0.1) is 6.20 Å². The minimum absolute atomic E-state index is 0.0684. The molecule has 0 radical (unpaired) electrons. The second-order valence-corrected chi connectivity index (χ2v) is 6.09. The number of aromatic nitrogens is 2. The van der Waals surface area contributed by atoms with Gasteiger partial charge in [0, 0.05) is 35.3 Å². The van der Waals surface area contributed by atoms with Crippen LogP contribution >= 0.6 is 0 Å². The molecule has 0 saturated carbocycles. The zero-order valence-corrected chi connectivity index (χ0v) is 14.0. The van der Waals surface area contributed by atoms with Crippen LogP contribution in [0.3, 0.4) is 0 Å². The molecule has 0 aliphatic rings. The fraction of sp³-hybridized carbons (Fsp3) is 0.300. The molecule has 5 heteroatoms. The Balaban J connectivity index is 1.33. The van der Waals surface area contributed by atoms with Crippen LogP contribution in [-0.2, 0) is 22.6 Å². The maximum absolute atomic E-state index is 13.0. The van der Waals surface area contributed by atoms with E-state index >= 15 is 0 Å². The van der Waals surface area contributed by atoms with Gasteiger partial charge in [-0.3, -0.25) is 9.78 Å². The van der Waals surface area contributed by atoms with Gasteiger partial charge in [0.25, 0.3) is 0 Å². The number of unbranched alkanes of at least 4 members (excludes halogenated alkanes) is 2. The highest BCUT2D eigenvalue weighted by atomic mass is 19.1. The summed E-state index contributed by atoms with van der Waals surface area (Å²) in [5.74, 6) is -0.679. The van der Waals surface area contributed by atoms with Gasteiger partial charge >= 0.3 is 5.97 Å². The Bertz CT molecular complexity index is 844. The number of aryl methyl sites for hydroxylation is 1. The molecule has 1 N–H and O–H groups in total. The van der Waals surface area contributed by atoms with E-state index in [1.807, 2.05) is 12.1 Å². The number of esters is 1. The van der Waals surface area contributed by atoms with Crippen molar-refractivity contribution in [2.75, 3.05) is 0 Å². The van der Waals surface area contributed by atoms with E-state index in [1.54, 1.807) is 0 Å². The molecule has 0 aliphatic heterocycles. The molecular weight excluding hydrogens is 319 g/mol. The summed E-state index contributed by atoms with van der Waals surface area (Å²) in [5.41, 5.74) is 3.04. The lowest BCUT2D eigenvalue weighted by atomic mass is 10.1. The first-order valence-electron chi connectivity index (χ1n) is 8.52. The van der Waals surface area contributed by atoms with Crippen molar-refractivity contribution in [3.63, 3.8) is 0 Å². The highest BCUT2D eigenvalue weighted by Gasteiger charge is 2.06. The smallest absolute Gasteiger partial charge is 0.306 e. The molecule has 130 valence electrons. The van der Waals surface area contributed by atoms with E-state index in [0.29, 0.717) is 12.0 Å². The lowest BCUT2D eigenvalue weighted by Crippen LogP contribution is -2.04. The lowest BCUT2D eigenvalue weighted by molar-refractivity contribution is -0.145. The van der Waals surface area contributed by atoms with Crippen molar-refractivity contribution in [1.29, 1.82) is 0 Å². The molecule has 2 heterocycles. The first-order chi connectivity index (χ1) is 12.2. The van der Waals surface area contributed by atoms with Crippen LogP contribution in [0.1, 0.15) is 36.8 Å². The molecule has 0 fully saturated rings. The zero-order chi connectivity index (χ0) is 17.5. The van der Waals surface area contributed by atoms with E-state index in [2.05, 4.69) is 28.3 Å². The van der Waals surface area contributed by atoms with Crippen molar-refractivity contribution in [3.8, 4) is 0 Å². The Kier molecular flexibility index (Phi) is 5.77. The number of benzene rings is 1. The summed E-state index contributed by atoms with van der Waals surface area (Å²) in [5, 5.41) is 1.27. The minimum Gasteiger partial charge on any atom is -0.461 e. The van der Waals surface area contributed by atoms with Crippen molar-refractivity contribution in [2.24, 2.45) is 0 Å². The number of carbonyl (C=O) groups excluding carboxylic acids is 1. The van der Waals surface area contributed by atoms with Crippen LogP contribution in [0.5, 0.6) is 0 Å². The number of H-pyrrole nitrogens is 1. The third-order valence-corrected chi connectivity index (χ3v) is 4.16. The normalized spacial score (nSPS) is 10.9. The van der Waals surface area contributed by atoms with Crippen LogP contribution in [0, 0.1) is 5.82 Å². The molecule has 3 rings (SSSR count). The number of para-hydroxylation sites is 1. The van der Waals surface area contributed by atoms with Gasteiger partial charge in [-0.25, -0.2) is 4.39 Å². The Morgan fingerprint density at radius 3 is 2.92 bits per heavy atom. The van der Waals surface area contributed by atoms with Crippen molar-refractivity contribution in [2.45, 2.75) is 38.7 Å². The molecule has 1 aromatic carbocycles. The summed E-state index contributed by atoms with van der Waals surface area (Å²) in [6.45, 7) is 0.0684. The average molecular weight is 340 g/mol. The number of ether oxygens (including phenoxy) is 1. The quantitative estimate of drug-likeness (QED) is 0.483. The second-order valence-electron chi connectivity index (χ2n) is 6.09. The van der Waals surface area contributed by atoms with Gasteiger partial charge in [-0.15, -0.1) is 0 Å². The SMILES string of the molecule is O=C(CCCCCc1c[nH]c2ccccc12)OCc1cncc(F)c1. The number of fused-ring (bicyclic) bond motifs is 1. The Labute approximate surface area is 146 Å². The van der Waals surface area contributed by atoms with Gasteiger partial charge in [0.2, 0.25) is 0 Å². The molecule has 3 aromatic rings. The van der Waals surface area contributed by atoms with Crippen LogP contribution in [0.25, 0.3) is 10.9 Å². The third-order valence-electron chi connectivity index (χ3n) is 4.16. The summed E-state index contributed by atoms with van der Waals surface area (Å²) < 4.78 is 18.1. The Hall–Kier alpha value is -2.69. The zero-order valence-electron chi connectivity index (χ0n) is 14.0. The van der Waals surface area contributed by atoms with Crippen molar-refractivity contribution >= 4 is 16.9 Å². The molecule has 2 aromatic heterocycles. The van der Waals surface area contributed by atoms with E-state index in [0.717, 1.165) is 37.4 Å². The predicted octanol–water partition coefficient (Wildman–Crippen LogP) is 4.55. The maximum atomic E-state index is 13.0. The summed E-state index contributed by atoms with van der Waals surface area (Å²) in [4.78, 5) is 18.7. The van der Waals surface area contributed by atoms with Crippen molar-refractivity contribution in [3.05, 3.63) is 65.9 Å². The highest BCUT2D eigenvalue weighted by Crippen LogP contribution is 2.20. The van der Waals surface area contributed by atoms with Gasteiger partial charge in [0.1, 0.15) is 12.4 Å². The number of aromatic amines is 1. The first-order valence-corrected chi connectivity index (χ1v) is 8.52. The Morgan fingerprint density at radius 2 is 2.04 bits per heavy atom. The van der Waals surface area contributed by atoms with Gasteiger partial charge in [-0.2, -0.15) is 0 Å². The first kappa shape index (κ1) is 17.1. The van der Waals surface area contributed by atoms with Gasteiger partial charge in [-0.1, -0.05) is 24.6 Å². The number of halogens is 1. The molecule has 0 amide bonds. The third kappa shape index (κ3) is 4.89. The standard InChI is InChI=1S/C20H21FN2O2/c21-17-10-15(11-22-13-17)14-25-20(24)9-3-1-2-6-16-12-23-19-8-5-4-7-18(16)19/h4-5,7-8,10-13,23H,1-3,6,9,14H2. The maximum Gasteiger partial charge on any atom is 0.306 e. The number of rotatable bonds is 8. The van der Waals surface area contributed by atoms with E-state index < -0.39 is 5.82 Å². The van der Waals surface area contributed by atoms with E-state index in [9.17, 15) is 9.18 Å². The Morgan fingerprint density at radius 1 is 1.16 bits per heavy atom. The fourth-order valence-electron chi connectivity index (χ4n) is 2.87. The molecule has 4 nitrogen and oxygen atoms in total. The monoisotopic (exact) mass is 340 g/mol. The van der Waals surface area contributed by atoms with Gasteiger partial charge in [-0.05, 0) is 37.0 Å². The van der Waals surface area contributed by atoms with Crippen molar-refractivity contribution < 1.29 is 13.9 Å². The number of nitrogens with one attached hydrogen (secondary N) is 1. The number of pyridine rings is 1. The largest absolute Gasteiger partial charge is 0.461 e. The molecule has 0 atom stereocenters. The lowest BCUT2D eigenvalue weighted by Gasteiger charge is -2.05. The number of carbonyl (C=O) groups is 1. The molecule has 0 bridgehead atoms. The molecule has 0 unspecified atom stereocenters. The number of hydrogen-bond acceptors (Lipinski definition) is 3. The molecule has 0 spiro atoms. The second kappa shape index (κ2) is 8.42. The molecule has 0 saturated heterocycles. The predicted molar refractivity (Wildman–Crippen MR) is 94.5 cm³/mol. The number of hydrogen-bond donors (Lipinski definition) is 1. The summed E-state index contributed by atoms with van der Waals surface area (Å²) in [7, 11) is 0. The summed E-state index contributed by atoms with van der Waals surface area (Å²) >= 11 is 0. The summed E-state index contributed by atoms with van der Waals surface area (Å²) in [6, 6.07) is 9.59. The van der Waals surface area contributed by atoms with Crippen LogP contribution in [0.2, 0.25) is 0 Å².